The zero-order chi connectivity index (χ0) is 19.1. The van der Waals surface area contributed by atoms with Crippen molar-refractivity contribution in [2.45, 2.75) is 38.3 Å². The standard InChI is InChI=1S/C24H30N2O/c1-3-17-26-23(21-15-8-5-9-16-21)22(20-13-6-4-7-14-20)25-24(26)19(2)12-10-11-18-27/h3-9,13-16,19,22-23,27H,1,10-12,17-18H2,2H3/t19?,22-,23-/m1/s1. The van der Waals surface area contributed by atoms with E-state index in [9.17, 15) is 0 Å². The molecule has 27 heavy (non-hydrogen) atoms. The fourth-order valence-electron chi connectivity index (χ4n) is 3.97. The van der Waals surface area contributed by atoms with Gasteiger partial charge >= 0.3 is 0 Å². The van der Waals surface area contributed by atoms with Gasteiger partial charge in [-0.3, -0.25) is 4.99 Å². The Hall–Kier alpha value is -2.39. The molecule has 0 fully saturated rings. The lowest BCUT2D eigenvalue weighted by atomic mass is 9.93. The van der Waals surface area contributed by atoms with E-state index in [-0.39, 0.29) is 18.7 Å². The maximum Gasteiger partial charge on any atom is 0.103 e. The quantitative estimate of drug-likeness (QED) is 0.493. The lowest BCUT2D eigenvalue weighted by molar-refractivity contribution is 0.279. The van der Waals surface area contributed by atoms with Crippen LogP contribution in [-0.4, -0.2) is 29.0 Å². The maximum absolute atomic E-state index is 9.11. The number of nitrogens with zero attached hydrogens (tertiary/aromatic N) is 2. The molecule has 3 heteroatoms. The van der Waals surface area contributed by atoms with Gasteiger partial charge < -0.3 is 10.0 Å². The fourth-order valence-corrected chi connectivity index (χ4v) is 3.97. The van der Waals surface area contributed by atoms with Gasteiger partial charge in [-0.05, 0) is 24.0 Å². The highest BCUT2D eigenvalue weighted by Crippen LogP contribution is 2.43. The summed E-state index contributed by atoms with van der Waals surface area (Å²) in [5.41, 5.74) is 2.53. The van der Waals surface area contributed by atoms with Gasteiger partial charge in [0.1, 0.15) is 11.9 Å². The van der Waals surface area contributed by atoms with Gasteiger partial charge in [-0.2, -0.15) is 0 Å². The van der Waals surface area contributed by atoms with Crippen LogP contribution in [0.4, 0.5) is 0 Å². The minimum absolute atomic E-state index is 0.0869. The molecular weight excluding hydrogens is 332 g/mol. The largest absolute Gasteiger partial charge is 0.396 e. The summed E-state index contributed by atoms with van der Waals surface area (Å²) in [7, 11) is 0. The van der Waals surface area contributed by atoms with Gasteiger partial charge in [-0.25, -0.2) is 0 Å². The molecule has 0 radical (unpaired) electrons. The Morgan fingerprint density at radius 3 is 2.26 bits per heavy atom. The first-order chi connectivity index (χ1) is 13.3. The normalized spacial score (nSPS) is 20.4. The molecule has 0 amide bonds. The molecule has 0 saturated carbocycles. The average molecular weight is 363 g/mol. The number of aliphatic imine (C=N–C) groups is 1. The summed E-state index contributed by atoms with van der Waals surface area (Å²) in [4.78, 5) is 7.65. The van der Waals surface area contributed by atoms with Crippen LogP contribution in [0.1, 0.15) is 49.4 Å². The Labute approximate surface area is 163 Å². The molecule has 0 spiro atoms. The number of hydrogen-bond acceptors (Lipinski definition) is 3. The van der Waals surface area contributed by atoms with Crippen LogP contribution < -0.4 is 0 Å². The number of rotatable bonds is 9. The molecule has 3 nitrogen and oxygen atoms in total. The number of aliphatic hydroxyl groups is 1. The number of aliphatic hydroxyl groups excluding tert-OH is 1. The Balaban J connectivity index is 1.97. The van der Waals surface area contributed by atoms with Crippen LogP contribution in [0.15, 0.2) is 78.3 Å². The maximum atomic E-state index is 9.11. The molecule has 0 aliphatic carbocycles. The van der Waals surface area contributed by atoms with E-state index >= 15 is 0 Å². The third-order valence-corrected chi connectivity index (χ3v) is 5.29. The molecule has 0 bridgehead atoms. The zero-order valence-corrected chi connectivity index (χ0v) is 16.2. The van der Waals surface area contributed by atoms with Crippen molar-refractivity contribution in [1.29, 1.82) is 0 Å². The molecule has 1 unspecified atom stereocenters. The van der Waals surface area contributed by atoms with Crippen LogP contribution in [-0.2, 0) is 0 Å². The van der Waals surface area contributed by atoms with Crippen molar-refractivity contribution < 1.29 is 5.11 Å². The van der Waals surface area contributed by atoms with E-state index in [4.69, 9.17) is 10.1 Å². The van der Waals surface area contributed by atoms with E-state index in [1.54, 1.807) is 0 Å². The van der Waals surface area contributed by atoms with Gasteiger partial charge in [0.15, 0.2) is 0 Å². The van der Waals surface area contributed by atoms with E-state index in [0.29, 0.717) is 5.92 Å². The Morgan fingerprint density at radius 1 is 1.04 bits per heavy atom. The monoisotopic (exact) mass is 362 g/mol. The third-order valence-electron chi connectivity index (χ3n) is 5.29. The highest BCUT2D eigenvalue weighted by molar-refractivity contribution is 5.87. The van der Waals surface area contributed by atoms with E-state index < -0.39 is 0 Å². The average Bonchev–Trinajstić information content (AvgIpc) is 3.09. The molecule has 1 heterocycles. The highest BCUT2D eigenvalue weighted by atomic mass is 16.2. The predicted octanol–water partition coefficient (Wildman–Crippen LogP) is 5.17. The first kappa shape index (κ1) is 19.4. The van der Waals surface area contributed by atoms with Crippen molar-refractivity contribution in [2.75, 3.05) is 13.2 Å². The molecule has 2 aromatic rings. The number of amidine groups is 1. The first-order valence-corrected chi connectivity index (χ1v) is 9.92. The molecule has 1 aliphatic rings. The Morgan fingerprint density at radius 2 is 1.67 bits per heavy atom. The van der Waals surface area contributed by atoms with Crippen molar-refractivity contribution in [3.63, 3.8) is 0 Å². The number of unbranched alkanes of at least 4 members (excludes halogenated alkanes) is 1. The summed E-state index contributed by atoms with van der Waals surface area (Å²) < 4.78 is 0. The fraction of sp³-hybridized carbons (Fsp3) is 0.375. The van der Waals surface area contributed by atoms with Crippen LogP contribution in [0, 0.1) is 5.92 Å². The molecule has 3 atom stereocenters. The summed E-state index contributed by atoms with van der Waals surface area (Å²) in [6.07, 6.45) is 4.88. The van der Waals surface area contributed by atoms with E-state index in [1.165, 1.54) is 11.1 Å². The molecule has 1 N–H and O–H groups in total. The minimum Gasteiger partial charge on any atom is -0.396 e. The van der Waals surface area contributed by atoms with Gasteiger partial charge in [0.25, 0.3) is 0 Å². The van der Waals surface area contributed by atoms with Gasteiger partial charge in [0, 0.05) is 19.1 Å². The second-order valence-electron chi connectivity index (χ2n) is 7.26. The molecule has 142 valence electrons. The van der Waals surface area contributed by atoms with Crippen LogP contribution >= 0.6 is 0 Å². The zero-order valence-electron chi connectivity index (χ0n) is 16.2. The minimum atomic E-state index is 0.0869. The highest BCUT2D eigenvalue weighted by Gasteiger charge is 2.38. The van der Waals surface area contributed by atoms with Crippen LogP contribution in [0.5, 0.6) is 0 Å². The topological polar surface area (TPSA) is 35.8 Å². The predicted molar refractivity (Wildman–Crippen MR) is 113 cm³/mol. The lowest BCUT2D eigenvalue weighted by Crippen LogP contribution is -2.35. The van der Waals surface area contributed by atoms with Crippen molar-refractivity contribution in [3.05, 3.63) is 84.4 Å². The lowest BCUT2D eigenvalue weighted by Gasteiger charge is -2.32. The summed E-state index contributed by atoms with van der Waals surface area (Å²) in [6.45, 7) is 7.28. The van der Waals surface area contributed by atoms with Crippen LogP contribution in [0.25, 0.3) is 0 Å². The SMILES string of the molecule is C=CCN1C(C(C)CCCCO)=N[C@H](c2ccccc2)[C@H]1c1ccccc1. The number of hydrogen-bond donors (Lipinski definition) is 1. The van der Waals surface area contributed by atoms with E-state index in [2.05, 4.69) is 79.1 Å². The van der Waals surface area contributed by atoms with E-state index in [1.807, 2.05) is 6.08 Å². The molecule has 2 aromatic carbocycles. The van der Waals surface area contributed by atoms with Crippen molar-refractivity contribution in [2.24, 2.45) is 10.9 Å². The molecule has 1 aliphatic heterocycles. The number of benzene rings is 2. The Kier molecular flexibility index (Phi) is 6.83. The molecule has 3 rings (SSSR count). The van der Waals surface area contributed by atoms with Gasteiger partial charge in [0.2, 0.25) is 0 Å². The second kappa shape index (κ2) is 9.52. The van der Waals surface area contributed by atoms with Crippen LogP contribution in [0.3, 0.4) is 0 Å². The Bertz CT molecular complexity index is 741. The van der Waals surface area contributed by atoms with Crippen molar-refractivity contribution in [3.8, 4) is 0 Å². The van der Waals surface area contributed by atoms with E-state index in [0.717, 1.165) is 31.6 Å². The third kappa shape index (κ3) is 4.48. The smallest absolute Gasteiger partial charge is 0.103 e. The van der Waals surface area contributed by atoms with Crippen molar-refractivity contribution in [1.82, 2.24) is 4.90 Å². The summed E-state index contributed by atoms with van der Waals surface area (Å²) in [6, 6.07) is 21.5. The first-order valence-electron chi connectivity index (χ1n) is 9.92. The molecule has 0 saturated heterocycles. The molecular formula is C24H30N2O. The summed E-state index contributed by atoms with van der Waals surface area (Å²) in [5.74, 6) is 1.52. The second-order valence-corrected chi connectivity index (χ2v) is 7.26. The van der Waals surface area contributed by atoms with Crippen molar-refractivity contribution >= 4 is 5.84 Å². The van der Waals surface area contributed by atoms with Crippen LogP contribution in [0.2, 0.25) is 0 Å². The summed E-state index contributed by atoms with van der Waals surface area (Å²) in [5, 5.41) is 9.11. The molecule has 0 aromatic heterocycles. The van der Waals surface area contributed by atoms with Gasteiger partial charge in [-0.1, -0.05) is 80.1 Å². The van der Waals surface area contributed by atoms with Gasteiger partial charge in [0.05, 0.1) is 6.04 Å². The van der Waals surface area contributed by atoms with Gasteiger partial charge in [-0.15, -0.1) is 6.58 Å². The summed E-state index contributed by atoms with van der Waals surface area (Å²) >= 11 is 0.